The number of aromatic hydroxyl groups is 2. The molecule has 0 unspecified atom stereocenters. The van der Waals surface area contributed by atoms with E-state index in [1.807, 2.05) is 12.1 Å². The Hall–Kier alpha value is -0.651. The molecule has 0 fully saturated rings. The van der Waals surface area contributed by atoms with Gasteiger partial charge >= 0.3 is 43.4 Å². The summed E-state index contributed by atoms with van der Waals surface area (Å²) in [6.07, 6.45) is 0. The number of hydrogen-bond acceptors (Lipinski definition) is 2. The van der Waals surface area contributed by atoms with E-state index >= 15 is 0 Å². The first-order chi connectivity index (χ1) is 6.79. The van der Waals surface area contributed by atoms with E-state index < -0.39 is 0 Å². The zero-order chi connectivity index (χ0) is 10.2. The van der Waals surface area contributed by atoms with Crippen LogP contribution < -0.4 is 0 Å². The normalized spacial score (nSPS) is 6.32. The van der Waals surface area contributed by atoms with Crippen LogP contribution >= 0.6 is 0 Å². The second-order valence-electron chi connectivity index (χ2n) is 2.67. The third-order valence-electron chi connectivity index (χ3n) is 1.51. The van der Waals surface area contributed by atoms with Crippen molar-refractivity contribution in [3.8, 4) is 11.5 Å². The van der Waals surface area contributed by atoms with E-state index in [0.717, 1.165) is 0 Å². The number of rotatable bonds is 0. The van der Waals surface area contributed by atoms with Crippen LogP contribution in [-0.2, 0) is 59.9 Å². The molecule has 0 aromatic heterocycles. The van der Waals surface area contributed by atoms with E-state index in [9.17, 15) is 0 Å². The molecule has 0 spiro atoms. The van der Waals surface area contributed by atoms with Gasteiger partial charge in [0.25, 0.3) is 0 Å². The molecule has 0 aliphatic heterocycles. The number of para-hydroxylation sites is 2. The minimum atomic E-state index is 0. The molecule has 2 aromatic carbocycles. The zero-order valence-electron chi connectivity index (χ0n) is 9.89. The minimum absolute atomic E-state index is 0. The van der Waals surface area contributed by atoms with Gasteiger partial charge in [0, 0.05) is 0 Å². The Morgan fingerprint density at radius 2 is 0.684 bits per heavy atom. The molecule has 0 aliphatic carbocycles. The molecule has 2 rings (SSSR count). The first-order valence-corrected chi connectivity index (χ1v) is 4.27. The van der Waals surface area contributed by atoms with E-state index in [1.54, 1.807) is 48.5 Å². The van der Waals surface area contributed by atoms with Gasteiger partial charge in [0.1, 0.15) is 11.5 Å². The van der Waals surface area contributed by atoms with Gasteiger partial charge in [0.15, 0.2) is 0 Å². The molecule has 2 radical (unpaired) electrons. The Morgan fingerprint density at radius 1 is 0.474 bits per heavy atom. The average Bonchev–Trinajstić information content (AvgIpc) is 2.21. The van der Waals surface area contributed by atoms with Crippen LogP contribution in [-0.4, -0.2) is 10.2 Å². The Balaban J connectivity index is -0.0000000544. The van der Waals surface area contributed by atoms with Gasteiger partial charge in [-0.05, 0) is 24.3 Å². The second kappa shape index (κ2) is 19.7. The topological polar surface area (TPSA) is 126 Å². The summed E-state index contributed by atoms with van der Waals surface area (Å²) in [5.41, 5.74) is 0. The standard InChI is InChI=1S/2C6H6O.3O.2Ti/c2*7-6-4-2-1-3-5-6;;;;;/h2*1-5,7H;;;;;/q;;3*-2;2*+3. The maximum absolute atomic E-state index is 8.63. The van der Waals surface area contributed by atoms with Gasteiger partial charge in [-0.25, -0.2) is 0 Å². The second-order valence-corrected chi connectivity index (χ2v) is 2.67. The van der Waals surface area contributed by atoms with Crippen LogP contribution in [0.1, 0.15) is 0 Å². The van der Waals surface area contributed by atoms with E-state index in [0.29, 0.717) is 11.5 Å². The molecule has 0 bridgehead atoms. The summed E-state index contributed by atoms with van der Waals surface area (Å²) >= 11 is 0. The van der Waals surface area contributed by atoms with Crippen molar-refractivity contribution in [2.45, 2.75) is 0 Å². The fourth-order valence-corrected chi connectivity index (χ4v) is 0.856. The third kappa shape index (κ3) is 17.3. The quantitative estimate of drug-likeness (QED) is 0.719. The summed E-state index contributed by atoms with van der Waals surface area (Å²) < 4.78 is 0. The van der Waals surface area contributed by atoms with E-state index in [-0.39, 0.29) is 59.9 Å². The van der Waals surface area contributed by atoms with Crippen molar-refractivity contribution < 1.29 is 70.1 Å². The fraction of sp³-hybridized carbons (Fsp3) is 0. The predicted molar refractivity (Wildman–Crippen MR) is 58.3 cm³/mol. The number of phenolic OH excluding ortho intramolecular Hbond substituents is 2. The average molecular weight is 332 g/mol. The molecule has 98 valence electrons. The first kappa shape index (κ1) is 31.0. The number of phenols is 2. The molecule has 7 heteroatoms. The SMILES string of the molecule is Oc1ccccc1.Oc1ccccc1.[O-2].[O-2].[O-2].[Ti+3].[Ti+3]. The summed E-state index contributed by atoms with van der Waals surface area (Å²) in [4.78, 5) is 0. The van der Waals surface area contributed by atoms with Crippen LogP contribution in [0.4, 0.5) is 0 Å². The molecule has 0 saturated heterocycles. The van der Waals surface area contributed by atoms with Gasteiger partial charge in [-0.2, -0.15) is 0 Å². The molecule has 0 saturated carbocycles. The predicted octanol–water partition coefficient (Wildman–Crippen LogP) is 2.42. The zero-order valence-corrected chi connectivity index (χ0v) is 13.0. The molecule has 0 amide bonds. The largest absolute Gasteiger partial charge is 3.00 e. The van der Waals surface area contributed by atoms with Gasteiger partial charge in [-0.3, -0.25) is 0 Å². The van der Waals surface area contributed by atoms with Crippen molar-refractivity contribution in [2.75, 3.05) is 0 Å². The smallest absolute Gasteiger partial charge is 2.00 e. The fourth-order valence-electron chi connectivity index (χ4n) is 0.856. The number of hydrogen-bond donors (Lipinski definition) is 2. The van der Waals surface area contributed by atoms with Crippen LogP contribution in [0, 0.1) is 0 Å². The molecule has 5 nitrogen and oxygen atoms in total. The monoisotopic (exact) mass is 332 g/mol. The van der Waals surface area contributed by atoms with Gasteiger partial charge in [0.05, 0.1) is 0 Å². The Kier molecular flexibility index (Phi) is 32.1. The summed E-state index contributed by atoms with van der Waals surface area (Å²) in [7, 11) is 0. The Bertz CT molecular complexity index is 322. The maximum Gasteiger partial charge on any atom is 3.00 e. The van der Waals surface area contributed by atoms with Crippen LogP contribution in [0.5, 0.6) is 11.5 Å². The van der Waals surface area contributed by atoms with Crippen molar-refractivity contribution in [1.29, 1.82) is 0 Å². The van der Waals surface area contributed by atoms with Crippen LogP contribution in [0.2, 0.25) is 0 Å². The molecular weight excluding hydrogens is 320 g/mol. The molecular formula is C12H12O5Ti2. The molecule has 0 atom stereocenters. The summed E-state index contributed by atoms with van der Waals surface area (Å²) in [6.45, 7) is 0. The van der Waals surface area contributed by atoms with E-state index in [4.69, 9.17) is 10.2 Å². The first-order valence-electron chi connectivity index (χ1n) is 4.27. The van der Waals surface area contributed by atoms with E-state index in [2.05, 4.69) is 0 Å². The van der Waals surface area contributed by atoms with E-state index in [1.165, 1.54) is 0 Å². The van der Waals surface area contributed by atoms with Crippen molar-refractivity contribution in [2.24, 2.45) is 0 Å². The van der Waals surface area contributed by atoms with Crippen LogP contribution in [0.3, 0.4) is 0 Å². The van der Waals surface area contributed by atoms with Crippen LogP contribution in [0.15, 0.2) is 60.7 Å². The maximum atomic E-state index is 8.63. The molecule has 0 heterocycles. The molecule has 2 N–H and O–H groups in total. The summed E-state index contributed by atoms with van der Waals surface area (Å²) in [6, 6.07) is 17.4. The Morgan fingerprint density at radius 3 is 0.789 bits per heavy atom. The van der Waals surface area contributed by atoms with Gasteiger partial charge < -0.3 is 26.6 Å². The Labute approximate surface area is 142 Å². The molecule has 0 aliphatic rings. The van der Waals surface area contributed by atoms with Gasteiger partial charge in [-0.15, -0.1) is 0 Å². The summed E-state index contributed by atoms with van der Waals surface area (Å²) in [5.74, 6) is 0.644. The molecule has 19 heavy (non-hydrogen) atoms. The minimum Gasteiger partial charge on any atom is -2.00 e. The van der Waals surface area contributed by atoms with Crippen LogP contribution in [0.25, 0.3) is 0 Å². The number of benzene rings is 2. The van der Waals surface area contributed by atoms with Crippen molar-refractivity contribution >= 4 is 0 Å². The van der Waals surface area contributed by atoms with Crippen molar-refractivity contribution in [1.82, 2.24) is 0 Å². The van der Waals surface area contributed by atoms with Gasteiger partial charge in [0.2, 0.25) is 0 Å². The van der Waals surface area contributed by atoms with Crippen molar-refractivity contribution in [3.63, 3.8) is 0 Å². The summed E-state index contributed by atoms with van der Waals surface area (Å²) in [5, 5.41) is 17.3. The van der Waals surface area contributed by atoms with Gasteiger partial charge in [-0.1, -0.05) is 36.4 Å². The molecule has 2 aromatic rings. The third-order valence-corrected chi connectivity index (χ3v) is 1.51. The van der Waals surface area contributed by atoms with Crippen molar-refractivity contribution in [3.05, 3.63) is 60.7 Å².